The van der Waals surface area contributed by atoms with Crippen LogP contribution in [0, 0.1) is 5.92 Å². The van der Waals surface area contributed by atoms with Crippen LogP contribution >= 0.6 is 0 Å². The maximum atomic E-state index is 13.6. The van der Waals surface area contributed by atoms with E-state index in [9.17, 15) is 13.2 Å². The first-order valence-electron chi connectivity index (χ1n) is 11.8. The van der Waals surface area contributed by atoms with Gasteiger partial charge in [0.1, 0.15) is 12.7 Å². The zero-order chi connectivity index (χ0) is 26.1. The Hall–Kier alpha value is -2.70. The minimum absolute atomic E-state index is 0.0207. The summed E-state index contributed by atoms with van der Waals surface area (Å²) in [7, 11) is -2.17. The number of nitrogens with one attached hydrogen (secondary N) is 1. The van der Waals surface area contributed by atoms with Crippen molar-refractivity contribution in [2.24, 2.45) is 5.92 Å². The maximum Gasteiger partial charge on any atom is 0.511 e. The number of rotatable bonds is 12. The Kier molecular flexibility index (Phi) is 10.1. The molecule has 1 aliphatic rings. The van der Waals surface area contributed by atoms with E-state index in [2.05, 4.69) is 5.32 Å². The highest BCUT2D eigenvalue weighted by atomic mass is 32.2. The lowest BCUT2D eigenvalue weighted by molar-refractivity contribution is -0.0989. The Morgan fingerprint density at radius 2 is 1.83 bits per heavy atom. The molecule has 0 aromatic heterocycles. The van der Waals surface area contributed by atoms with Gasteiger partial charge in [0.25, 0.3) is 0 Å². The largest absolute Gasteiger partial charge is 0.511 e. The van der Waals surface area contributed by atoms with Crippen LogP contribution in [-0.2, 0) is 35.4 Å². The van der Waals surface area contributed by atoms with E-state index < -0.39 is 34.6 Å². The van der Waals surface area contributed by atoms with Crippen LogP contribution in [0.5, 0.6) is 0 Å². The van der Waals surface area contributed by atoms with Crippen LogP contribution in [-0.4, -0.2) is 70.9 Å². The Morgan fingerprint density at radius 1 is 1.14 bits per heavy atom. The summed E-state index contributed by atoms with van der Waals surface area (Å²) in [5, 5.41) is 3.18. The summed E-state index contributed by atoms with van der Waals surface area (Å²) in [6.07, 6.45) is -2.20. The minimum atomic E-state index is -3.91. The van der Waals surface area contributed by atoms with Gasteiger partial charge >= 0.3 is 6.16 Å². The Labute approximate surface area is 212 Å². The number of hydrogen-bond donors (Lipinski definition) is 2. The number of nitrogen functional groups attached to an aromatic ring is 1. The van der Waals surface area contributed by atoms with Crippen molar-refractivity contribution < 1.29 is 32.2 Å². The SMILES string of the molecule is CNC(Cc1ccccc1)C(CN(CC(C)C)S(=O)(=O)c1ccc(N)cc1)OC(=O)OC1COCO1. The van der Waals surface area contributed by atoms with E-state index in [4.69, 9.17) is 24.7 Å². The highest BCUT2D eigenvalue weighted by molar-refractivity contribution is 7.89. The normalized spacial score (nSPS) is 17.8. The van der Waals surface area contributed by atoms with Gasteiger partial charge in [-0.05, 0) is 49.2 Å². The Morgan fingerprint density at radius 3 is 2.42 bits per heavy atom. The molecule has 3 unspecified atom stereocenters. The summed E-state index contributed by atoms with van der Waals surface area (Å²) in [5.74, 6) is 0.0207. The number of nitrogens with two attached hydrogens (primary N) is 1. The first kappa shape index (κ1) is 27.9. The van der Waals surface area contributed by atoms with Gasteiger partial charge in [0.05, 0.1) is 11.4 Å². The quantitative estimate of drug-likeness (QED) is 0.320. The summed E-state index contributed by atoms with van der Waals surface area (Å²) in [6.45, 7) is 4.11. The van der Waals surface area contributed by atoms with Crippen molar-refractivity contribution in [3.8, 4) is 0 Å². The third-order valence-corrected chi connectivity index (χ3v) is 7.50. The third kappa shape index (κ3) is 7.90. The molecular weight excluding hydrogens is 486 g/mol. The van der Waals surface area contributed by atoms with Crippen molar-refractivity contribution in [2.75, 3.05) is 39.3 Å². The fourth-order valence-electron chi connectivity index (χ4n) is 3.84. The van der Waals surface area contributed by atoms with Crippen molar-refractivity contribution in [3.05, 3.63) is 60.2 Å². The average molecular weight is 522 g/mol. The topological polar surface area (TPSA) is 129 Å². The first-order valence-corrected chi connectivity index (χ1v) is 13.3. The molecule has 0 bridgehead atoms. The second-order valence-corrected chi connectivity index (χ2v) is 10.9. The Balaban J connectivity index is 1.88. The number of likely N-dealkylation sites (N-methyl/N-ethyl adjacent to an activating group) is 1. The second-order valence-electron chi connectivity index (χ2n) is 8.98. The molecule has 198 valence electrons. The van der Waals surface area contributed by atoms with Crippen LogP contribution in [0.2, 0.25) is 0 Å². The molecule has 3 rings (SSSR count). The highest BCUT2D eigenvalue weighted by Gasteiger charge is 2.34. The van der Waals surface area contributed by atoms with Crippen LogP contribution in [0.4, 0.5) is 10.5 Å². The molecule has 10 nitrogen and oxygen atoms in total. The number of ether oxygens (including phenoxy) is 4. The van der Waals surface area contributed by atoms with E-state index in [1.165, 1.54) is 16.4 Å². The average Bonchev–Trinajstić information content (AvgIpc) is 3.35. The monoisotopic (exact) mass is 521 g/mol. The summed E-state index contributed by atoms with van der Waals surface area (Å²) in [4.78, 5) is 12.8. The van der Waals surface area contributed by atoms with Crippen LogP contribution in [0.25, 0.3) is 0 Å². The summed E-state index contributed by atoms with van der Waals surface area (Å²) < 4.78 is 49.7. The minimum Gasteiger partial charge on any atom is -0.428 e. The fraction of sp³-hybridized carbons (Fsp3) is 0.480. The molecule has 0 saturated carbocycles. The van der Waals surface area contributed by atoms with Crippen LogP contribution < -0.4 is 11.1 Å². The Bertz CT molecular complexity index is 1060. The lowest BCUT2D eigenvalue weighted by Gasteiger charge is -2.32. The molecule has 1 aliphatic heterocycles. The molecule has 3 atom stereocenters. The smallest absolute Gasteiger partial charge is 0.428 e. The molecule has 0 spiro atoms. The van der Waals surface area contributed by atoms with Gasteiger partial charge in [-0.3, -0.25) is 0 Å². The fourth-order valence-corrected chi connectivity index (χ4v) is 5.46. The van der Waals surface area contributed by atoms with Crippen molar-refractivity contribution in [2.45, 2.75) is 43.6 Å². The molecule has 1 heterocycles. The number of carbonyl (C=O) groups excluding carboxylic acids is 1. The number of hydrogen-bond acceptors (Lipinski definition) is 9. The van der Waals surface area contributed by atoms with Crippen LogP contribution in [0.1, 0.15) is 19.4 Å². The van der Waals surface area contributed by atoms with Gasteiger partial charge in [0.15, 0.2) is 6.79 Å². The van der Waals surface area contributed by atoms with Gasteiger partial charge < -0.3 is 30.0 Å². The van der Waals surface area contributed by atoms with Gasteiger partial charge in [-0.25, -0.2) is 13.2 Å². The van der Waals surface area contributed by atoms with Gasteiger partial charge in [0, 0.05) is 18.3 Å². The molecular formula is C25H35N3O7S. The molecule has 1 fully saturated rings. The van der Waals surface area contributed by atoms with E-state index in [1.807, 2.05) is 44.2 Å². The number of sulfonamides is 1. The standard InChI is InChI=1S/C25H35N3O7S/c1-18(2)14-28(36(30,31)21-11-9-20(26)10-12-21)15-23(34-25(29)35-24-16-32-17-33-24)22(27-3)13-19-7-5-4-6-8-19/h4-12,18,22-24,27H,13-17,26H2,1-3H3. The second kappa shape index (κ2) is 13.0. The number of nitrogens with zero attached hydrogens (tertiary/aromatic N) is 1. The highest BCUT2D eigenvalue weighted by Crippen LogP contribution is 2.21. The summed E-state index contributed by atoms with van der Waals surface area (Å²) in [6, 6.07) is 15.3. The molecule has 3 N–H and O–H groups in total. The van der Waals surface area contributed by atoms with E-state index >= 15 is 0 Å². The number of carbonyl (C=O) groups is 1. The van der Waals surface area contributed by atoms with Gasteiger partial charge in [-0.2, -0.15) is 4.31 Å². The predicted molar refractivity (Wildman–Crippen MR) is 134 cm³/mol. The molecule has 0 aliphatic carbocycles. The molecule has 1 saturated heterocycles. The van der Waals surface area contributed by atoms with Gasteiger partial charge in [-0.15, -0.1) is 0 Å². The third-order valence-electron chi connectivity index (χ3n) is 5.65. The van der Waals surface area contributed by atoms with Crippen molar-refractivity contribution in [3.63, 3.8) is 0 Å². The van der Waals surface area contributed by atoms with Gasteiger partial charge in [-0.1, -0.05) is 44.2 Å². The summed E-state index contributed by atoms with van der Waals surface area (Å²) in [5.41, 5.74) is 7.22. The molecule has 2 aromatic rings. The van der Waals surface area contributed by atoms with E-state index in [0.717, 1.165) is 5.56 Å². The van der Waals surface area contributed by atoms with Crippen molar-refractivity contribution in [1.29, 1.82) is 0 Å². The molecule has 0 amide bonds. The number of benzene rings is 2. The van der Waals surface area contributed by atoms with Crippen molar-refractivity contribution >= 4 is 21.9 Å². The molecule has 11 heteroatoms. The number of anilines is 1. The first-order chi connectivity index (χ1) is 17.2. The predicted octanol–water partition coefficient (Wildman–Crippen LogP) is 2.60. The zero-order valence-corrected chi connectivity index (χ0v) is 21.6. The molecule has 2 aromatic carbocycles. The zero-order valence-electron chi connectivity index (χ0n) is 20.8. The molecule has 36 heavy (non-hydrogen) atoms. The van der Waals surface area contributed by atoms with Gasteiger partial charge in [0.2, 0.25) is 16.3 Å². The lowest BCUT2D eigenvalue weighted by atomic mass is 10.0. The van der Waals surface area contributed by atoms with E-state index in [-0.39, 0.29) is 37.3 Å². The van der Waals surface area contributed by atoms with E-state index in [0.29, 0.717) is 12.1 Å². The lowest BCUT2D eigenvalue weighted by Crippen LogP contribution is -2.50. The summed E-state index contributed by atoms with van der Waals surface area (Å²) >= 11 is 0. The molecule has 0 radical (unpaired) electrons. The van der Waals surface area contributed by atoms with Crippen LogP contribution in [0.15, 0.2) is 59.5 Å². The van der Waals surface area contributed by atoms with Crippen molar-refractivity contribution in [1.82, 2.24) is 9.62 Å². The maximum absolute atomic E-state index is 13.6. The van der Waals surface area contributed by atoms with Crippen LogP contribution in [0.3, 0.4) is 0 Å². The van der Waals surface area contributed by atoms with E-state index in [1.54, 1.807) is 19.2 Å².